The third-order valence-electron chi connectivity index (χ3n) is 3.46. The molecule has 0 aromatic heterocycles. The van der Waals surface area contributed by atoms with Gasteiger partial charge in [0.2, 0.25) is 5.91 Å². The third kappa shape index (κ3) is 6.36. The summed E-state index contributed by atoms with van der Waals surface area (Å²) in [5, 5.41) is 11.8. The lowest BCUT2D eigenvalue weighted by atomic mass is 9.88. The van der Waals surface area contributed by atoms with Gasteiger partial charge in [0.25, 0.3) is 0 Å². The summed E-state index contributed by atoms with van der Waals surface area (Å²) in [4.78, 5) is 11.8. The van der Waals surface area contributed by atoms with Gasteiger partial charge in [-0.2, -0.15) is 0 Å². The van der Waals surface area contributed by atoms with Crippen LogP contribution in [0, 0.1) is 5.41 Å². The third-order valence-corrected chi connectivity index (χ3v) is 3.46. The van der Waals surface area contributed by atoms with Crippen molar-refractivity contribution in [1.82, 2.24) is 5.32 Å². The lowest BCUT2D eigenvalue weighted by molar-refractivity contribution is -0.125. The number of carbonyl (C=O) groups is 1. The first-order valence-corrected chi connectivity index (χ1v) is 7.03. The van der Waals surface area contributed by atoms with Crippen molar-refractivity contribution < 1.29 is 14.6 Å². The number of hydrogen-bond acceptors (Lipinski definition) is 3. The minimum Gasteiger partial charge on any atom is -0.396 e. The fraction of sp³-hybridized carbons (Fsp3) is 0.929. The molecule has 1 amide bonds. The molecular weight excluding hydrogens is 230 g/mol. The Labute approximate surface area is 110 Å². The molecular formula is C14H27NO3. The van der Waals surface area contributed by atoms with E-state index in [1.165, 1.54) is 6.42 Å². The highest BCUT2D eigenvalue weighted by atomic mass is 16.5. The second-order valence-electron chi connectivity index (χ2n) is 5.96. The maximum Gasteiger partial charge on any atom is 0.222 e. The van der Waals surface area contributed by atoms with Crippen molar-refractivity contribution in [2.75, 3.05) is 19.8 Å². The molecule has 4 nitrogen and oxygen atoms in total. The van der Waals surface area contributed by atoms with Crippen LogP contribution in [0.25, 0.3) is 0 Å². The molecule has 1 fully saturated rings. The van der Waals surface area contributed by atoms with Crippen molar-refractivity contribution in [3.63, 3.8) is 0 Å². The Balaban J connectivity index is 2.19. The van der Waals surface area contributed by atoms with E-state index < -0.39 is 0 Å². The highest BCUT2D eigenvalue weighted by Crippen LogP contribution is 2.21. The number of rotatable bonds is 7. The zero-order valence-corrected chi connectivity index (χ0v) is 11.7. The van der Waals surface area contributed by atoms with Crippen LogP contribution in [-0.2, 0) is 9.53 Å². The quantitative estimate of drug-likeness (QED) is 0.732. The average Bonchev–Trinajstić information content (AvgIpc) is 2.36. The number of amides is 1. The van der Waals surface area contributed by atoms with E-state index in [0.29, 0.717) is 13.0 Å². The monoisotopic (exact) mass is 257 g/mol. The Morgan fingerprint density at radius 2 is 2.22 bits per heavy atom. The highest BCUT2D eigenvalue weighted by molar-refractivity contribution is 5.76. The van der Waals surface area contributed by atoms with Crippen LogP contribution in [0.2, 0.25) is 0 Å². The smallest absolute Gasteiger partial charge is 0.222 e. The van der Waals surface area contributed by atoms with Crippen LogP contribution in [0.5, 0.6) is 0 Å². The maximum atomic E-state index is 11.8. The van der Waals surface area contributed by atoms with Crippen LogP contribution >= 0.6 is 0 Å². The van der Waals surface area contributed by atoms with E-state index in [-0.39, 0.29) is 24.0 Å². The summed E-state index contributed by atoms with van der Waals surface area (Å²) in [6, 6.07) is 0. The van der Waals surface area contributed by atoms with Crippen molar-refractivity contribution in [1.29, 1.82) is 0 Å². The second kappa shape index (κ2) is 7.74. The number of carbonyl (C=O) groups excluding carboxylic acids is 1. The molecule has 1 atom stereocenters. The molecule has 1 heterocycles. The fourth-order valence-electron chi connectivity index (χ4n) is 2.23. The van der Waals surface area contributed by atoms with E-state index in [4.69, 9.17) is 9.84 Å². The number of aliphatic hydroxyl groups excluding tert-OH is 1. The maximum absolute atomic E-state index is 11.8. The van der Waals surface area contributed by atoms with Crippen molar-refractivity contribution in [2.45, 2.75) is 58.5 Å². The summed E-state index contributed by atoms with van der Waals surface area (Å²) < 4.78 is 5.55. The van der Waals surface area contributed by atoms with Gasteiger partial charge in [0.1, 0.15) is 0 Å². The SMILES string of the molecule is CC(C)(CCCO)CNC(=O)CC1CCCCO1. The van der Waals surface area contributed by atoms with Gasteiger partial charge in [-0.3, -0.25) is 4.79 Å². The molecule has 0 spiro atoms. The Bertz CT molecular complexity index is 247. The topological polar surface area (TPSA) is 58.6 Å². The predicted molar refractivity (Wildman–Crippen MR) is 71.3 cm³/mol. The Hall–Kier alpha value is -0.610. The number of nitrogens with one attached hydrogen (secondary N) is 1. The van der Waals surface area contributed by atoms with Gasteiger partial charge < -0.3 is 15.2 Å². The van der Waals surface area contributed by atoms with Crippen LogP contribution in [0.1, 0.15) is 52.4 Å². The van der Waals surface area contributed by atoms with Gasteiger partial charge in [0.05, 0.1) is 12.5 Å². The lowest BCUT2D eigenvalue weighted by Crippen LogP contribution is -2.36. The molecule has 0 aromatic rings. The van der Waals surface area contributed by atoms with Crippen molar-refractivity contribution in [3.05, 3.63) is 0 Å². The largest absolute Gasteiger partial charge is 0.396 e. The van der Waals surface area contributed by atoms with Crippen LogP contribution in [0.4, 0.5) is 0 Å². The molecule has 4 heteroatoms. The lowest BCUT2D eigenvalue weighted by Gasteiger charge is -2.26. The summed E-state index contributed by atoms with van der Waals surface area (Å²) in [6.45, 7) is 5.89. The van der Waals surface area contributed by atoms with Gasteiger partial charge in [0, 0.05) is 19.8 Å². The molecule has 1 saturated heterocycles. The van der Waals surface area contributed by atoms with E-state index in [0.717, 1.165) is 32.3 Å². The van der Waals surface area contributed by atoms with E-state index in [2.05, 4.69) is 19.2 Å². The van der Waals surface area contributed by atoms with Crippen LogP contribution < -0.4 is 5.32 Å². The molecule has 0 aliphatic carbocycles. The van der Waals surface area contributed by atoms with E-state index in [1.807, 2.05) is 0 Å². The number of aliphatic hydroxyl groups is 1. The molecule has 1 aliphatic heterocycles. The summed E-state index contributed by atoms with van der Waals surface area (Å²) in [5.41, 5.74) is 0.0474. The van der Waals surface area contributed by atoms with Gasteiger partial charge in [0.15, 0.2) is 0 Å². The normalized spacial score (nSPS) is 20.7. The second-order valence-corrected chi connectivity index (χ2v) is 5.96. The zero-order valence-electron chi connectivity index (χ0n) is 11.7. The minimum atomic E-state index is 0.0474. The van der Waals surface area contributed by atoms with Crippen molar-refractivity contribution in [2.24, 2.45) is 5.41 Å². The summed E-state index contributed by atoms with van der Waals surface area (Å²) >= 11 is 0. The van der Waals surface area contributed by atoms with Crippen LogP contribution in [-0.4, -0.2) is 36.9 Å². The fourth-order valence-corrected chi connectivity index (χ4v) is 2.23. The molecule has 0 aromatic carbocycles. The van der Waals surface area contributed by atoms with Gasteiger partial charge >= 0.3 is 0 Å². The Morgan fingerprint density at radius 1 is 1.44 bits per heavy atom. The molecule has 106 valence electrons. The molecule has 1 aliphatic rings. The molecule has 0 bridgehead atoms. The first kappa shape index (κ1) is 15.4. The van der Waals surface area contributed by atoms with E-state index in [9.17, 15) is 4.79 Å². The van der Waals surface area contributed by atoms with E-state index >= 15 is 0 Å². The highest BCUT2D eigenvalue weighted by Gasteiger charge is 2.21. The average molecular weight is 257 g/mol. The number of hydrogen-bond donors (Lipinski definition) is 2. The minimum absolute atomic E-state index is 0.0474. The number of ether oxygens (including phenoxy) is 1. The summed E-state index contributed by atoms with van der Waals surface area (Å²) in [7, 11) is 0. The standard InChI is InChI=1S/C14H27NO3/c1-14(2,7-5-8-16)11-15-13(17)10-12-6-3-4-9-18-12/h12,16H,3-11H2,1-2H3,(H,15,17). The molecule has 0 saturated carbocycles. The van der Waals surface area contributed by atoms with E-state index in [1.54, 1.807) is 0 Å². The van der Waals surface area contributed by atoms with Crippen LogP contribution in [0.3, 0.4) is 0 Å². The molecule has 2 N–H and O–H groups in total. The Morgan fingerprint density at radius 3 is 2.83 bits per heavy atom. The summed E-state index contributed by atoms with van der Waals surface area (Å²) in [6.07, 6.45) is 5.58. The zero-order chi connectivity index (χ0) is 13.4. The van der Waals surface area contributed by atoms with Crippen molar-refractivity contribution >= 4 is 5.91 Å². The molecule has 18 heavy (non-hydrogen) atoms. The molecule has 0 radical (unpaired) electrons. The molecule has 1 unspecified atom stereocenters. The van der Waals surface area contributed by atoms with Crippen molar-refractivity contribution in [3.8, 4) is 0 Å². The van der Waals surface area contributed by atoms with Gasteiger partial charge in [-0.25, -0.2) is 0 Å². The molecule has 1 rings (SSSR count). The predicted octanol–water partition coefficient (Wildman–Crippen LogP) is 1.86. The Kier molecular flexibility index (Phi) is 6.65. The first-order valence-electron chi connectivity index (χ1n) is 7.03. The van der Waals surface area contributed by atoms with Gasteiger partial charge in [-0.05, 0) is 37.5 Å². The van der Waals surface area contributed by atoms with Gasteiger partial charge in [-0.15, -0.1) is 0 Å². The first-order chi connectivity index (χ1) is 8.53. The van der Waals surface area contributed by atoms with Gasteiger partial charge in [-0.1, -0.05) is 13.8 Å². The summed E-state index contributed by atoms with van der Waals surface area (Å²) in [5.74, 6) is 0.0824. The van der Waals surface area contributed by atoms with Crippen LogP contribution in [0.15, 0.2) is 0 Å².